The third-order valence-corrected chi connectivity index (χ3v) is 3.54. The summed E-state index contributed by atoms with van der Waals surface area (Å²) in [6.45, 7) is 6.49. The van der Waals surface area contributed by atoms with Gasteiger partial charge in [0.2, 0.25) is 0 Å². The van der Waals surface area contributed by atoms with Crippen LogP contribution in [0.2, 0.25) is 0 Å². The van der Waals surface area contributed by atoms with E-state index in [0.717, 1.165) is 24.0 Å². The Morgan fingerprint density at radius 1 is 1.26 bits per heavy atom. The predicted molar refractivity (Wildman–Crippen MR) is 92.0 cm³/mol. The standard InChI is InChI=1S/C19H28O4/c1-4-9-18(23-14-16(20)5-2)17-11-8-7-10-15(17)12-13-19(21)22-6-3/h7-8,10-13,16,18,20H,4-6,9,14H2,1-3H3/b13-12+/t16-,18-/m1/s1. The monoisotopic (exact) mass is 320 g/mol. The van der Waals surface area contributed by atoms with Crippen molar-refractivity contribution in [3.8, 4) is 0 Å². The molecule has 0 aliphatic heterocycles. The van der Waals surface area contributed by atoms with Crippen LogP contribution in [0.15, 0.2) is 30.3 Å². The maximum absolute atomic E-state index is 11.5. The Balaban J connectivity index is 2.91. The maximum atomic E-state index is 11.5. The van der Waals surface area contributed by atoms with Crippen molar-refractivity contribution >= 4 is 12.0 Å². The minimum absolute atomic E-state index is 0.0933. The number of hydrogen-bond donors (Lipinski definition) is 1. The lowest BCUT2D eigenvalue weighted by Crippen LogP contribution is -2.17. The average Bonchev–Trinajstić information content (AvgIpc) is 2.57. The summed E-state index contributed by atoms with van der Waals surface area (Å²) in [5, 5.41) is 9.73. The topological polar surface area (TPSA) is 55.8 Å². The molecule has 4 heteroatoms. The molecule has 0 amide bonds. The van der Waals surface area contributed by atoms with E-state index in [1.165, 1.54) is 6.08 Å². The minimum atomic E-state index is -0.448. The highest BCUT2D eigenvalue weighted by molar-refractivity contribution is 5.87. The van der Waals surface area contributed by atoms with Crippen LogP contribution in [0.25, 0.3) is 6.08 Å². The van der Waals surface area contributed by atoms with Gasteiger partial charge in [-0.05, 0) is 37.0 Å². The minimum Gasteiger partial charge on any atom is -0.463 e. The molecule has 1 aromatic carbocycles. The Hall–Kier alpha value is -1.65. The lowest BCUT2D eigenvalue weighted by molar-refractivity contribution is -0.137. The second kappa shape index (κ2) is 11.0. The highest BCUT2D eigenvalue weighted by Gasteiger charge is 2.15. The largest absolute Gasteiger partial charge is 0.463 e. The van der Waals surface area contributed by atoms with Gasteiger partial charge in [0.1, 0.15) is 0 Å². The first-order valence-corrected chi connectivity index (χ1v) is 8.35. The zero-order chi connectivity index (χ0) is 17.1. The fourth-order valence-electron chi connectivity index (χ4n) is 2.24. The van der Waals surface area contributed by atoms with E-state index < -0.39 is 6.10 Å². The SMILES string of the molecule is CCC[C@@H](OC[C@H](O)CC)c1ccccc1/C=C/C(=O)OCC. The molecule has 23 heavy (non-hydrogen) atoms. The van der Waals surface area contributed by atoms with Gasteiger partial charge in [0.05, 0.1) is 25.4 Å². The summed E-state index contributed by atoms with van der Waals surface area (Å²) in [5.41, 5.74) is 1.96. The Morgan fingerprint density at radius 2 is 2.00 bits per heavy atom. The molecular weight excluding hydrogens is 292 g/mol. The number of ether oxygens (including phenoxy) is 2. The second-order valence-corrected chi connectivity index (χ2v) is 5.39. The maximum Gasteiger partial charge on any atom is 0.330 e. The van der Waals surface area contributed by atoms with E-state index in [2.05, 4.69) is 6.92 Å². The number of aliphatic hydroxyl groups is 1. The molecule has 0 aliphatic rings. The summed E-state index contributed by atoms with van der Waals surface area (Å²) in [7, 11) is 0. The molecule has 1 rings (SSSR count). The molecule has 1 aromatic rings. The van der Waals surface area contributed by atoms with Crippen molar-refractivity contribution in [1.82, 2.24) is 0 Å². The van der Waals surface area contributed by atoms with Gasteiger partial charge < -0.3 is 14.6 Å². The van der Waals surface area contributed by atoms with Crippen LogP contribution < -0.4 is 0 Å². The van der Waals surface area contributed by atoms with E-state index in [4.69, 9.17) is 9.47 Å². The van der Waals surface area contributed by atoms with E-state index in [1.54, 1.807) is 13.0 Å². The van der Waals surface area contributed by atoms with Gasteiger partial charge in [0.15, 0.2) is 0 Å². The molecule has 2 atom stereocenters. The first-order valence-electron chi connectivity index (χ1n) is 8.35. The molecule has 4 nitrogen and oxygen atoms in total. The molecule has 128 valence electrons. The van der Waals surface area contributed by atoms with Crippen LogP contribution in [0, 0.1) is 0 Å². The van der Waals surface area contributed by atoms with Crippen LogP contribution in [0.4, 0.5) is 0 Å². The van der Waals surface area contributed by atoms with Gasteiger partial charge in [-0.1, -0.05) is 44.5 Å². The molecule has 0 unspecified atom stereocenters. The van der Waals surface area contributed by atoms with Gasteiger partial charge in [-0.2, -0.15) is 0 Å². The van der Waals surface area contributed by atoms with Gasteiger partial charge in [-0.25, -0.2) is 4.79 Å². The Morgan fingerprint density at radius 3 is 2.65 bits per heavy atom. The number of benzene rings is 1. The predicted octanol–water partition coefficient (Wildman–Crippen LogP) is 3.89. The molecule has 0 saturated heterocycles. The van der Waals surface area contributed by atoms with Crippen molar-refractivity contribution in [2.24, 2.45) is 0 Å². The molecule has 0 aliphatic carbocycles. The summed E-state index contributed by atoms with van der Waals surface area (Å²) >= 11 is 0. The normalized spacial score (nSPS) is 13.9. The van der Waals surface area contributed by atoms with Crippen molar-refractivity contribution in [1.29, 1.82) is 0 Å². The zero-order valence-corrected chi connectivity index (χ0v) is 14.3. The smallest absolute Gasteiger partial charge is 0.330 e. The first-order chi connectivity index (χ1) is 11.1. The van der Waals surface area contributed by atoms with Crippen molar-refractivity contribution in [3.05, 3.63) is 41.5 Å². The Labute approximate surface area is 139 Å². The summed E-state index contributed by atoms with van der Waals surface area (Å²) in [5.74, 6) is -0.350. The van der Waals surface area contributed by atoms with E-state index >= 15 is 0 Å². The number of hydrogen-bond acceptors (Lipinski definition) is 4. The van der Waals surface area contributed by atoms with Gasteiger partial charge in [0, 0.05) is 6.08 Å². The van der Waals surface area contributed by atoms with Gasteiger partial charge in [-0.3, -0.25) is 0 Å². The van der Waals surface area contributed by atoms with Crippen LogP contribution in [-0.2, 0) is 14.3 Å². The number of carbonyl (C=O) groups is 1. The van der Waals surface area contributed by atoms with Crippen molar-refractivity contribution in [3.63, 3.8) is 0 Å². The first kappa shape index (κ1) is 19.4. The Kier molecular flexibility index (Phi) is 9.25. The van der Waals surface area contributed by atoms with Crippen LogP contribution >= 0.6 is 0 Å². The fourth-order valence-corrected chi connectivity index (χ4v) is 2.24. The van der Waals surface area contributed by atoms with Crippen molar-refractivity contribution in [2.75, 3.05) is 13.2 Å². The third kappa shape index (κ3) is 6.97. The van der Waals surface area contributed by atoms with E-state index in [-0.39, 0.29) is 12.1 Å². The van der Waals surface area contributed by atoms with E-state index in [0.29, 0.717) is 19.6 Å². The fraction of sp³-hybridized carbons (Fsp3) is 0.526. The van der Waals surface area contributed by atoms with E-state index in [1.807, 2.05) is 31.2 Å². The summed E-state index contributed by atoms with van der Waals surface area (Å²) < 4.78 is 10.8. The molecule has 1 N–H and O–H groups in total. The van der Waals surface area contributed by atoms with Crippen LogP contribution in [0.5, 0.6) is 0 Å². The van der Waals surface area contributed by atoms with Crippen LogP contribution in [-0.4, -0.2) is 30.4 Å². The van der Waals surface area contributed by atoms with Gasteiger partial charge in [0.25, 0.3) is 0 Å². The molecule has 0 fully saturated rings. The van der Waals surface area contributed by atoms with Crippen molar-refractivity contribution in [2.45, 2.75) is 52.2 Å². The average molecular weight is 320 g/mol. The Bertz CT molecular complexity index is 496. The highest BCUT2D eigenvalue weighted by atomic mass is 16.5. The molecule has 0 saturated carbocycles. The molecule has 0 heterocycles. The summed E-state index contributed by atoms with van der Waals surface area (Å²) in [4.78, 5) is 11.5. The molecular formula is C19H28O4. The lowest BCUT2D eigenvalue weighted by atomic mass is 9.98. The summed E-state index contributed by atoms with van der Waals surface area (Å²) in [6.07, 6.45) is 5.16. The third-order valence-electron chi connectivity index (χ3n) is 3.54. The van der Waals surface area contributed by atoms with Crippen LogP contribution in [0.3, 0.4) is 0 Å². The molecule has 0 radical (unpaired) electrons. The molecule has 0 bridgehead atoms. The highest BCUT2D eigenvalue weighted by Crippen LogP contribution is 2.27. The number of aliphatic hydroxyl groups excluding tert-OH is 1. The number of esters is 1. The molecule has 0 aromatic heterocycles. The second-order valence-electron chi connectivity index (χ2n) is 5.39. The van der Waals surface area contributed by atoms with Gasteiger partial charge >= 0.3 is 5.97 Å². The van der Waals surface area contributed by atoms with Crippen molar-refractivity contribution < 1.29 is 19.4 Å². The summed E-state index contributed by atoms with van der Waals surface area (Å²) in [6, 6.07) is 7.84. The van der Waals surface area contributed by atoms with Gasteiger partial charge in [-0.15, -0.1) is 0 Å². The molecule has 0 spiro atoms. The lowest BCUT2D eigenvalue weighted by Gasteiger charge is -2.21. The number of carbonyl (C=O) groups excluding carboxylic acids is 1. The number of rotatable bonds is 10. The quantitative estimate of drug-likeness (QED) is 0.525. The van der Waals surface area contributed by atoms with Crippen LogP contribution in [0.1, 0.15) is 57.3 Å². The zero-order valence-electron chi connectivity index (χ0n) is 14.3. The van der Waals surface area contributed by atoms with E-state index in [9.17, 15) is 9.90 Å².